The Bertz CT molecular complexity index is 1290. The van der Waals surface area contributed by atoms with Crippen molar-refractivity contribution in [3.63, 3.8) is 0 Å². The van der Waals surface area contributed by atoms with E-state index in [0.29, 0.717) is 30.5 Å². The average Bonchev–Trinajstić information content (AvgIpc) is 2.87. The number of amides is 1. The first-order chi connectivity index (χ1) is 17.0. The van der Waals surface area contributed by atoms with Gasteiger partial charge in [-0.15, -0.1) is 0 Å². The third kappa shape index (κ3) is 6.68. The molecule has 1 amide bonds. The quantitative estimate of drug-likeness (QED) is 0.518. The molecule has 7 nitrogen and oxygen atoms in total. The lowest BCUT2D eigenvalue weighted by molar-refractivity contribution is -0.115. The summed E-state index contributed by atoms with van der Waals surface area (Å²) < 4.78 is 18.8. The van der Waals surface area contributed by atoms with Gasteiger partial charge in [0.05, 0.1) is 24.7 Å². The van der Waals surface area contributed by atoms with Crippen molar-refractivity contribution in [2.75, 3.05) is 24.0 Å². The number of nitrogens with one attached hydrogen (secondary N) is 2. The Labute approximate surface area is 203 Å². The smallest absolute Gasteiger partial charge is 0.228 e. The zero-order valence-corrected chi connectivity index (χ0v) is 19.2. The van der Waals surface area contributed by atoms with Crippen LogP contribution >= 0.6 is 0 Å². The Balaban J connectivity index is 1.24. The third-order valence-corrected chi connectivity index (χ3v) is 5.31. The number of aryl methyl sites for hydroxylation is 1. The summed E-state index contributed by atoms with van der Waals surface area (Å²) >= 11 is 0. The number of ether oxygens (including phenoxy) is 1. The van der Waals surface area contributed by atoms with Crippen molar-refractivity contribution in [1.29, 1.82) is 5.26 Å². The summed E-state index contributed by atoms with van der Waals surface area (Å²) in [6, 6.07) is 20.6. The first kappa shape index (κ1) is 23.5. The van der Waals surface area contributed by atoms with E-state index in [4.69, 9.17) is 10.00 Å². The van der Waals surface area contributed by atoms with Gasteiger partial charge in [-0.1, -0.05) is 12.1 Å². The summed E-state index contributed by atoms with van der Waals surface area (Å²) in [5, 5.41) is 15.1. The maximum atomic E-state index is 13.0. The largest absolute Gasteiger partial charge is 0.439 e. The van der Waals surface area contributed by atoms with Crippen LogP contribution in [0.4, 0.5) is 15.8 Å². The molecule has 1 aliphatic rings. The van der Waals surface area contributed by atoms with Crippen LogP contribution in [0.5, 0.6) is 5.75 Å². The molecule has 0 unspecified atom stereocenters. The molecule has 1 aliphatic heterocycles. The Morgan fingerprint density at radius 1 is 1.14 bits per heavy atom. The minimum Gasteiger partial charge on any atom is -0.439 e. The van der Waals surface area contributed by atoms with E-state index in [-0.39, 0.29) is 18.1 Å². The zero-order chi connectivity index (χ0) is 24.6. The number of halogens is 1. The van der Waals surface area contributed by atoms with E-state index in [0.717, 1.165) is 22.5 Å². The second-order valence-electron chi connectivity index (χ2n) is 8.00. The van der Waals surface area contributed by atoms with Gasteiger partial charge in [-0.3, -0.25) is 4.79 Å². The van der Waals surface area contributed by atoms with Gasteiger partial charge in [-0.05, 0) is 72.6 Å². The van der Waals surface area contributed by atoms with Crippen molar-refractivity contribution in [1.82, 2.24) is 4.90 Å². The number of hydrogen-bond donors (Lipinski definition) is 2. The summed E-state index contributed by atoms with van der Waals surface area (Å²) in [4.78, 5) is 18.7. The maximum Gasteiger partial charge on any atom is 0.228 e. The molecule has 8 heteroatoms. The molecular weight excluding hydrogens is 445 g/mol. The fourth-order valence-corrected chi connectivity index (χ4v) is 3.41. The van der Waals surface area contributed by atoms with Crippen LogP contribution in [0.3, 0.4) is 0 Å². The number of nitriles is 1. The van der Waals surface area contributed by atoms with Crippen molar-refractivity contribution < 1.29 is 13.9 Å². The zero-order valence-electron chi connectivity index (χ0n) is 19.2. The predicted molar refractivity (Wildman–Crippen MR) is 133 cm³/mol. The van der Waals surface area contributed by atoms with Gasteiger partial charge in [0.2, 0.25) is 11.8 Å². The Morgan fingerprint density at radius 2 is 1.91 bits per heavy atom. The first-order valence-electron chi connectivity index (χ1n) is 11.0. The number of aliphatic imine (C=N–C) groups is 1. The lowest BCUT2D eigenvalue weighted by atomic mass is 10.1. The second-order valence-corrected chi connectivity index (χ2v) is 8.00. The standard InChI is InChI=1S/C27H24FN5O2/c1-19-14-23(8-11-25(19)32-26(34)15-20-2-6-22(28)7-3-20)30-17-33-13-12-27(31-18-33)35-24-9-4-21(16-29)5-10-24/h2-14,30H,15,17-18H2,1H3,(H,32,34). The van der Waals surface area contributed by atoms with Crippen molar-refractivity contribution in [2.45, 2.75) is 13.3 Å². The van der Waals surface area contributed by atoms with Crippen LogP contribution in [-0.4, -0.2) is 30.0 Å². The van der Waals surface area contributed by atoms with E-state index in [1.807, 2.05) is 36.2 Å². The number of hydrogen-bond acceptors (Lipinski definition) is 6. The van der Waals surface area contributed by atoms with E-state index in [1.54, 1.807) is 42.5 Å². The molecule has 35 heavy (non-hydrogen) atoms. The summed E-state index contributed by atoms with van der Waals surface area (Å²) in [6.45, 7) is 2.90. The number of benzene rings is 3. The van der Waals surface area contributed by atoms with Gasteiger partial charge in [0.15, 0.2) is 0 Å². The molecule has 0 atom stereocenters. The van der Waals surface area contributed by atoms with Gasteiger partial charge in [0.25, 0.3) is 0 Å². The van der Waals surface area contributed by atoms with Crippen molar-refractivity contribution in [3.05, 3.63) is 102 Å². The van der Waals surface area contributed by atoms with Crippen LogP contribution in [-0.2, 0) is 11.2 Å². The number of nitrogens with zero attached hydrogens (tertiary/aromatic N) is 3. The van der Waals surface area contributed by atoms with E-state index in [2.05, 4.69) is 21.7 Å². The molecule has 0 saturated carbocycles. The molecular formula is C27H24FN5O2. The number of carbonyl (C=O) groups excluding carboxylic acids is 1. The van der Waals surface area contributed by atoms with Gasteiger partial charge in [0, 0.05) is 23.7 Å². The maximum absolute atomic E-state index is 13.0. The van der Waals surface area contributed by atoms with E-state index >= 15 is 0 Å². The van der Waals surface area contributed by atoms with E-state index in [9.17, 15) is 9.18 Å². The molecule has 0 radical (unpaired) electrons. The molecule has 176 valence electrons. The topological polar surface area (TPSA) is 89.8 Å². The van der Waals surface area contributed by atoms with Gasteiger partial charge >= 0.3 is 0 Å². The molecule has 0 fully saturated rings. The molecule has 2 N–H and O–H groups in total. The Hall–Kier alpha value is -4.64. The highest BCUT2D eigenvalue weighted by Crippen LogP contribution is 2.20. The summed E-state index contributed by atoms with van der Waals surface area (Å²) in [5.74, 6) is 0.648. The van der Waals surface area contributed by atoms with E-state index < -0.39 is 0 Å². The van der Waals surface area contributed by atoms with Crippen LogP contribution in [0.25, 0.3) is 0 Å². The minimum absolute atomic E-state index is 0.157. The lowest BCUT2D eigenvalue weighted by Crippen LogP contribution is -2.28. The molecule has 0 aliphatic carbocycles. The number of rotatable bonds is 7. The van der Waals surface area contributed by atoms with Gasteiger partial charge in [0.1, 0.15) is 18.2 Å². The summed E-state index contributed by atoms with van der Waals surface area (Å²) in [6.07, 6.45) is 3.86. The fraction of sp³-hybridized carbons (Fsp3) is 0.148. The monoisotopic (exact) mass is 469 g/mol. The highest BCUT2D eigenvalue weighted by atomic mass is 19.1. The third-order valence-electron chi connectivity index (χ3n) is 5.31. The molecule has 0 bridgehead atoms. The molecule has 0 aromatic heterocycles. The number of carbonyl (C=O) groups is 1. The van der Waals surface area contributed by atoms with Gasteiger partial charge < -0.3 is 20.3 Å². The predicted octanol–water partition coefficient (Wildman–Crippen LogP) is 4.82. The normalized spacial score (nSPS) is 12.5. The molecule has 0 spiro atoms. The fourth-order valence-electron chi connectivity index (χ4n) is 3.41. The van der Waals surface area contributed by atoms with Crippen molar-refractivity contribution in [2.24, 2.45) is 4.99 Å². The van der Waals surface area contributed by atoms with Crippen LogP contribution in [0.15, 0.2) is 84.0 Å². The highest BCUT2D eigenvalue weighted by molar-refractivity contribution is 5.93. The molecule has 3 aromatic rings. The average molecular weight is 470 g/mol. The second kappa shape index (κ2) is 11.0. The molecule has 3 aromatic carbocycles. The molecule has 4 rings (SSSR count). The summed E-state index contributed by atoms with van der Waals surface area (Å²) in [7, 11) is 0. The Kier molecular flexibility index (Phi) is 7.38. The van der Waals surface area contributed by atoms with Gasteiger partial charge in [-0.25, -0.2) is 9.38 Å². The van der Waals surface area contributed by atoms with E-state index in [1.165, 1.54) is 12.1 Å². The highest BCUT2D eigenvalue weighted by Gasteiger charge is 2.10. The van der Waals surface area contributed by atoms with Crippen LogP contribution < -0.4 is 15.4 Å². The summed E-state index contributed by atoms with van der Waals surface area (Å²) in [5.41, 5.74) is 3.90. The Morgan fingerprint density at radius 3 is 2.57 bits per heavy atom. The van der Waals surface area contributed by atoms with Crippen LogP contribution in [0.1, 0.15) is 16.7 Å². The van der Waals surface area contributed by atoms with Gasteiger partial charge in [-0.2, -0.15) is 5.26 Å². The molecule has 1 heterocycles. The van der Waals surface area contributed by atoms with Crippen LogP contribution in [0.2, 0.25) is 0 Å². The van der Waals surface area contributed by atoms with Crippen molar-refractivity contribution >= 4 is 23.2 Å². The first-order valence-corrected chi connectivity index (χ1v) is 11.0. The van der Waals surface area contributed by atoms with Crippen LogP contribution in [0, 0.1) is 24.1 Å². The SMILES string of the molecule is Cc1cc(NCN2C=CC(Oc3ccc(C#N)cc3)=NC2)ccc1NC(=O)Cc1ccc(F)cc1. The van der Waals surface area contributed by atoms with Crippen molar-refractivity contribution in [3.8, 4) is 11.8 Å². The minimum atomic E-state index is -0.322. The molecule has 0 saturated heterocycles. The lowest BCUT2D eigenvalue weighted by Gasteiger charge is -2.23. The number of anilines is 2.